The summed E-state index contributed by atoms with van der Waals surface area (Å²) < 4.78 is 5.44. The van der Waals surface area contributed by atoms with E-state index in [4.69, 9.17) is 4.42 Å². The van der Waals surface area contributed by atoms with Crippen LogP contribution in [0.3, 0.4) is 0 Å². The molecule has 2 N–H and O–H groups in total. The second-order valence-electron chi connectivity index (χ2n) is 5.63. The standard InChI is InChI=1S/C18H21NO4/c1-12-10-14(13(2)23-12)8-9-15(18(21)22)11-17(20)19-16-6-4-3-5-7-16/h3-7,10,15H,8-9,11H2,1-2H3,(H,19,20)(H,21,22). The monoisotopic (exact) mass is 315 g/mol. The van der Waals surface area contributed by atoms with E-state index in [9.17, 15) is 14.7 Å². The van der Waals surface area contributed by atoms with Crippen LogP contribution in [-0.4, -0.2) is 17.0 Å². The molecule has 23 heavy (non-hydrogen) atoms. The van der Waals surface area contributed by atoms with Crippen LogP contribution < -0.4 is 5.32 Å². The lowest BCUT2D eigenvalue weighted by Gasteiger charge is -2.12. The molecule has 0 aliphatic heterocycles. The van der Waals surface area contributed by atoms with Gasteiger partial charge in [-0.25, -0.2) is 0 Å². The molecule has 122 valence electrons. The van der Waals surface area contributed by atoms with Gasteiger partial charge in [-0.1, -0.05) is 18.2 Å². The first-order valence-electron chi connectivity index (χ1n) is 7.59. The van der Waals surface area contributed by atoms with E-state index in [2.05, 4.69) is 5.32 Å². The average molecular weight is 315 g/mol. The predicted octanol–water partition coefficient (Wildman–Crippen LogP) is 3.56. The van der Waals surface area contributed by atoms with Crippen LogP contribution in [0.5, 0.6) is 0 Å². The fourth-order valence-electron chi connectivity index (χ4n) is 2.53. The van der Waals surface area contributed by atoms with Gasteiger partial charge in [0.1, 0.15) is 11.5 Å². The van der Waals surface area contributed by atoms with Gasteiger partial charge >= 0.3 is 5.97 Å². The molecule has 1 heterocycles. The van der Waals surface area contributed by atoms with Crippen LogP contribution in [0.15, 0.2) is 40.8 Å². The fourth-order valence-corrected chi connectivity index (χ4v) is 2.53. The molecule has 5 nitrogen and oxygen atoms in total. The second kappa shape index (κ2) is 7.63. The number of furan rings is 1. The van der Waals surface area contributed by atoms with Crippen LogP contribution in [-0.2, 0) is 16.0 Å². The molecule has 1 aromatic carbocycles. The summed E-state index contributed by atoms with van der Waals surface area (Å²) in [4.78, 5) is 23.4. The van der Waals surface area contributed by atoms with Gasteiger partial charge in [-0.05, 0) is 50.5 Å². The lowest BCUT2D eigenvalue weighted by molar-refractivity contribution is -0.143. The summed E-state index contributed by atoms with van der Waals surface area (Å²) in [5, 5.41) is 12.1. The molecule has 5 heteroatoms. The summed E-state index contributed by atoms with van der Waals surface area (Å²) in [5.41, 5.74) is 1.67. The highest BCUT2D eigenvalue weighted by molar-refractivity contribution is 5.93. The zero-order valence-electron chi connectivity index (χ0n) is 13.3. The first-order chi connectivity index (χ1) is 11.0. The predicted molar refractivity (Wildman–Crippen MR) is 87.3 cm³/mol. The zero-order chi connectivity index (χ0) is 16.8. The molecule has 0 aliphatic rings. The molecule has 0 fully saturated rings. The summed E-state index contributed by atoms with van der Waals surface area (Å²) in [6.07, 6.45) is 0.941. The third-order valence-corrected chi connectivity index (χ3v) is 3.74. The molecule has 0 saturated heterocycles. The third kappa shape index (κ3) is 4.98. The van der Waals surface area contributed by atoms with E-state index < -0.39 is 11.9 Å². The third-order valence-electron chi connectivity index (χ3n) is 3.74. The van der Waals surface area contributed by atoms with E-state index >= 15 is 0 Å². The van der Waals surface area contributed by atoms with Crippen LogP contribution in [0.1, 0.15) is 29.9 Å². The number of aliphatic carboxylic acids is 1. The van der Waals surface area contributed by atoms with Crippen molar-refractivity contribution >= 4 is 17.6 Å². The van der Waals surface area contributed by atoms with E-state index in [0.29, 0.717) is 18.5 Å². The Balaban J connectivity index is 1.92. The Kier molecular flexibility index (Phi) is 5.57. The van der Waals surface area contributed by atoms with Crippen molar-refractivity contribution in [2.24, 2.45) is 5.92 Å². The summed E-state index contributed by atoms with van der Waals surface area (Å²) in [5.74, 6) is -0.338. The fraction of sp³-hybridized carbons (Fsp3) is 0.333. The van der Waals surface area contributed by atoms with Crippen LogP contribution in [0, 0.1) is 19.8 Å². The van der Waals surface area contributed by atoms with Crippen molar-refractivity contribution in [3.63, 3.8) is 0 Å². The second-order valence-corrected chi connectivity index (χ2v) is 5.63. The summed E-state index contributed by atoms with van der Waals surface area (Å²) in [6, 6.07) is 10.9. The van der Waals surface area contributed by atoms with Crippen LogP contribution >= 0.6 is 0 Å². The van der Waals surface area contributed by atoms with Crippen LogP contribution in [0.2, 0.25) is 0 Å². The van der Waals surface area contributed by atoms with E-state index in [1.807, 2.05) is 38.1 Å². The highest BCUT2D eigenvalue weighted by Gasteiger charge is 2.22. The molecule has 1 unspecified atom stereocenters. The Labute approximate surface area is 135 Å². The molecule has 1 amide bonds. The number of benzene rings is 1. The zero-order valence-corrected chi connectivity index (χ0v) is 13.3. The molecule has 0 bridgehead atoms. The maximum absolute atomic E-state index is 12.0. The lowest BCUT2D eigenvalue weighted by Crippen LogP contribution is -2.22. The summed E-state index contributed by atoms with van der Waals surface area (Å²) >= 11 is 0. The number of nitrogens with one attached hydrogen (secondary N) is 1. The lowest BCUT2D eigenvalue weighted by atomic mass is 9.96. The average Bonchev–Trinajstić information content (AvgIpc) is 2.82. The van der Waals surface area contributed by atoms with Gasteiger partial charge in [0.25, 0.3) is 0 Å². The van der Waals surface area contributed by atoms with Crippen LogP contribution in [0.4, 0.5) is 5.69 Å². The Hall–Kier alpha value is -2.56. The van der Waals surface area contributed by atoms with Gasteiger partial charge in [-0.2, -0.15) is 0 Å². The molecule has 0 spiro atoms. The molecule has 1 aromatic heterocycles. The first-order valence-corrected chi connectivity index (χ1v) is 7.59. The minimum Gasteiger partial charge on any atom is -0.481 e. The van der Waals surface area contributed by atoms with Crippen molar-refractivity contribution < 1.29 is 19.1 Å². The first kappa shape index (κ1) is 16.8. The Morgan fingerprint density at radius 2 is 1.91 bits per heavy atom. The Bertz CT molecular complexity index is 676. The number of carboxylic acid groups (broad SMARTS) is 1. The van der Waals surface area contributed by atoms with E-state index in [1.165, 1.54) is 0 Å². The van der Waals surface area contributed by atoms with Crippen molar-refractivity contribution in [3.8, 4) is 0 Å². The molecule has 0 saturated carbocycles. The van der Waals surface area contributed by atoms with Gasteiger partial charge in [-0.3, -0.25) is 9.59 Å². The van der Waals surface area contributed by atoms with E-state index in [-0.39, 0.29) is 12.3 Å². The van der Waals surface area contributed by atoms with Gasteiger partial charge in [-0.15, -0.1) is 0 Å². The Morgan fingerprint density at radius 3 is 2.48 bits per heavy atom. The van der Waals surface area contributed by atoms with E-state index in [0.717, 1.165) is 17.1 Å². The number of rotatable bonds is 7. The van der Waals surface area contributed by atoms with Gasteiger partial charge in [0.05, 0.1) is 5.92 Å². The molecule has 1 atom stereocenters. The quantitative estimate of drug-likeness (QED) is 0.818. The number of para-hydroxylation sites is 1. The van der Waals surface area contributed by atoms with E-state index in [1.54, 1.807) is 12.1 Å². The summed E-state index contributed by atoms with van der Waals surface area (Å²) in [6.45, 7) is 3.72. The molecular weight excluding hydrogens is 294 g/mol. The Morgan fingerprint density at radius 1 is 1.22 bits per heavy atom. The molecular formula is C18H21NO4. The number of hydrogen-bond acceptors (Lipinski definition) is 3. The van der Waals surface area contributed by atoms with Crippen molar-refractivity contribution in [1.82, 2.24) is 0 Å². The number of amides is 1. The molecule has 2 aromatic rings. The molecule has 0 radical (unpaired) electrons. The smallest absolute Gasteiger partial charge is 0.307 e. The maximum atomic E-state index is 12.0. The van der Waals surface area contributed by atoms with Crippen molar-refractivity contribution in [2.75, 3.05) is 5.32 Å². The van der Waals surface area contributed by atoms with Gasteiger partial charge < -0.3 is 14.8 Å². The normalized spacial score (nSPS) is 11.9. The molecule has 2 rings (SSSR count). The van der Waals surface area contributed by atoms with Crippen LogP contribution in [0.25, 0.3) is 0 Å². The largest absolute Gasteiger partial charge is 0.481 e. The van der Waals surface area contributed by atoms with Crippen molar-refractivity contribution in [3.05, 3.63) is 53.5 Å². The number of carbonyl (C=O) groups excluding carboxylic acids is 1. The van der Waals surface area contributed by atoms with Gasteiger partial charge in [0, 0.05) is 12.1 Å². The maximum Gasteiger partial charge on any atom is 0.307 e. The van der Waals surface area contributed by atoms with Gasteiger partial charge in [0.15, 0.2) is 0 Å². The number of hydrogen-bond donors (Lipinski definition) is 2. The van der Waals surface area contributed by atoms with Crippen molar-refractivity contribution in [2.45, 2.75) is 33.1 Å². The van der Waals surface area contributed by atoms with Crippen molar-refractivity contribution in [1.29, 1.82) is 0 Å². The molecule has 0 aliphatic carbocycles. The number of carboxylic acids is 1. The summed E-state index contributed by atoms with van der Waals surface area (Å²) in [7, 11) is 0. The van der Waals surface area contributed by atoms with Gasteiger partial charge in [0.2, 0.25) is 5.91 Å². The SMILES string of the molecule is Cc1cc(CCC(CC(=O)Nc2ccccc2)C(=O)O)c(C)o1. The number of carbonyl (C=O) groups is 2. The highest BCUT2D eigenvalue weighted by Crippen LogP contribution is 2.20. The minimum absolute atomic E-state index is 0.0416. The minimum atomic E-state index is -0.953. The number of aryl methyl sites for hydroxylation is 3. The topological polar surface area (TPSA) is 79.5 Å². The highest BCUT2D eigenvalue weighted by atomic mass is 16.4. The number of anilines is 1.